The summed E-state index contributed by atoms with van der Waals surface area (Å²) < 4.78 is 5.45. The Morgan fingerprint density at radius 1 is 1.13 bits per heavy atom. The summed E-state index contributed by atoms with van der Waals surface area (Å²) in [5.74, 6) is -1.85. The molecule has 3 N–H and O–H groups in total. The van der Waals surface area contributed by atoms with E-state index < -0.39 is 41.4 Å². The molecule has 0 spiro atoms. The molecule has 1 aromatic heterocycles. The lowest BCUT2D eigenvalue weighted by Crippen LogP contribution is -2.62. The molecule has 1 aromatic carbocycles. The van der Waals surface area contributed by atoms with Crippen LogP contribution in [0, 0.1) is 5.41 Å². The van der Waals surface area contributed by atoms with Crippen molar-refractivity contribution in [1.82, 2.24) is 26.2 Å². The van der Waals surface area contributed by atoms with Crippen LogP contribution in [0.3, 0.4) is 0 Å². The Labute approximate surface area is 231 Å². The number of pyridine rings is 1. The Bertz CT molecular complexity index is 1310. The van der Waals surface area contributed by atoms with E-state index in [4.69, 9.17) is 16.3 Å². The number of ether oxygens (including phenoxy) is 1. The van der Waals surface area contributed by atoms with Gasteiger partial charge in [0.05, 0.1) is 16.8 Å². The highest BCUT2D eigenvalue weighted by molar-refractivity contribution is 6.20. The number of alkyl halides is 1. The Morgan fingerprint density at radius 2 is 1.87 bits per heavy atom. The summed E-state index contributed by atoms with van der Waals surface area (Å²) in [6.45, 7) is 5.22. The van der Waals surface area contributed by atoms with E-state index in [0.717, 1.165) is 10.9 Å². The molecule has 4 rings (SSSR count). The number of rotatable bonds is 1. The molecule has 2 aliphatic rings. The second kappa shape index (κ2) is 11.6. The zero-order valence-electron chi connectivity index (χ0n) is 22.4. The third-order valence-corrected chi connectivity index (χ3v) is 7.00. The van der Waals surface area contributed by atoms with E-state index in [1.165, 1.54) is 16.9 Å². The molecular formula is C27H33ClN6O5. The Balaban J connectivity index is 1.69. The van der Waals surface area contributed by atoms with Gasteiger partial charge in [0.1, 0.15) is 17.9 Å². The molecule has 0 saturated carbocycles. The van der Waals surface area contributed by atoms with Crippen LogP contribution in [0.15, 0.2) is 36.4 Å². The number of hydrogen-bond donors (Lipinski definition) is 3. The van der Waals surface area contributed by atoms with Gasteiger partial charge >= 0.3 is 5.97 Å². The highest BCUT2D eigenvalue weighted by atomic mass is 35.5. The average Bonchev–Trinajstić information content (AvgIpc) is 2.93. The fourth-order valence-corrected chi connectivity index (χ4v) is 4.46. The van der Waals surface area contributed by atoms with Crippen LogP contribution >= 0.6 is 11.6 Å². The van der Waals surface area contributed by atoms with Crippen molar-refractivity contribution in [3.63, 3.8) is 0 Å². The number of aromatic nitrogens is 1. The van der Waals surface area contributed by atoms with E-state index in [9.17, 15) is 19.2 Å². The maximum atomic E-state index is 13.1. The smallest absolute Gasteiger partial charge is 0.316 e. The first-order valence-corrected chi connectivity index (χ1v) is 13.3. The number of hydrazine groups is 2. The van der Waals surface area contributed by atoms with Gasteiger partial charge in [0, 0.05) is 19.0 Å². The third-order valence-electron chi connectivity index (χ3n) is 6.72. The van der Waals surface area contributed by atoms with E-state index in [2.05, 4.69) is 21.2 Å². The van der Waals surface area contributed by atoms with Gasteiger partial charge in [0.2, 0.25) is 0 Å². The van der Waals surface area contributed by atoms with Crippen LogP contribution in [-0.2, 0) is 23.9 Å². The van der Waals surface area contributed by atoms with Crippen molar-refractivity contribution in [2.24, 2.45) is 5.41 Å². The number of esters is 1. The second-order valence-corrected chi connectivity index (χ2v) is 10.6. The maximum Gasteiger partial charge on any atom is 0.316 e. The first-order chi connectivity index (χ1) is 18.5. The lowest BCUT2D eigenvalue weighted by molar-refractivity contribution is -0.161. The van der Waals surface area contributed by atoms with Crippen molar-refractivity contribution < 1.29 is 23.9 Å². The van der Waals surface area contributed by atoms with E-state index in [-0.39, 0.29) is 11.8 Å². The molecule has 0 aliphatic carbocycles. The first-order valence-electron chi connectivity index (χ1n) is 12.8. The summed E-state index contributed by atoms with van der Waals surface area (Å²) in [4.78, 5) is 56.6. The number of amides is 3. The van der Waals surface area contributed by atoms with Gasteiger partial charge in [-0.25, -0.2) is 10.4 Å². The first kappa shape index (κ1) is 28.3. The zero-order chi connectivity index (χ0) is 28.3. The molecule has 2 aromatic rings. The number of hydrogen-bond acceptors (Lipinski definition) is 8. The number of benzene rings is 1. The lowest BCUT2D eigenvalue weighted by Gasteiger charge is -2.35. The van der Waals surface area contributed by atoms with Crippen molar-refractivity contribution >= 4 is 58.1 Å². The number of nitrogens with zero attached hydrogens (tertiary/aromatic N) is 3. The molecule has 208 valence electrons. The largest absolute Gasteiger partial charge is 0.450 e. The molecule has 3 heterocycles. The highest BCUT2D eigenvalue weighted by Gasteiger charge is 2.35. The van der Waals surface area contributed by atoms with Crippen molar-refractivity contribution in [1.29, 1.82) is 0 Å². The molecule has 1 saturated heterocycles. The lowest BCUT2D eigenvalue weighted by atomic mass is 9.92. The van der Waals surface area contributed by atoms with Crippen LogP contribution in [0.2, 0.25) is 0 Å². The van der Waals surface area contributed by atoms with Crippen molar-refractivity contribution in [3.8, 4) is 0 Å². The van der Waals surface area contributed by atoms with Gasteiger partial charge in [-0.3, -0.25) is 34.6 Å². The third kappa shape index (κ3) is 6.48. The van der Waals surface area contributed by atoms with Crippen LogP contribution in [0.5, 0.6) is 0 Å². The van der Waals surface area contributed by atoms with Crippen LogP contribution in [0.25, 0.3) is 17.0 Å². The van der Waals surface area contributed by atoms with E-state index in [1.54, 1.807) is 39.1 Å². The number of fused-ring (bicyclic) bond motifs is 4. The summed E-state index contributed by atoms with van der Waals surface area (Å²) in [7, 11) is 1.69. The number of carbonyl (C=O) groups is 4. The monoisotopic (exact) mass is 556 g/mol. The van der Waals surface area contributed by atoms with E-state index in [0.29, 0.717) is 30.7 Å². The predicted octanol–water partition coefficient (Wildman–Crippen LogP) is 1.91. The summed E-state index contributed by atoms with van der Waals surface area (Å²) in [6, 6.07) is 7.77. The molecule has 2 aliphatic heterocycles. The molecule has 0 radical (unpaired) electrons. The minimum atomic E-state index is -1.29. The predicted molar refractivity (Wildman–Crippen MR) is 147 cm³/mol. The molecule has 3 atom stereocenters. The molecule has 12 heteroatoms. The fourth-order valence-electron chi connectivity index (χ4n) is 4.26. The summed E-state index contributed by atoms with van der Waals surface area (Å²) in [6.07, 6.45) is 3.28. The van der Waals surface area contributed by atoms with Crippen molar-refractivity contribution in [2.45, 2.75) is 51.8 Å². The number of cyclic esters (lactones) is 1. The van der Waals surface area contributed by atoms with Crippen molar-refractivity contribution in [3.05, 3.63) is 42.0 Å². The topological polar surface area (TPSA) is 133 Å². The number of nitrogens with one attached hydrogen (secondary N) is 3. The van der Waals surface area contributed by atoms with Gasteiger partial charge in [-0.1, -0.05) is 24.3 Å². The van der Waals surface area contributed by atoms with Gasteiger partial charge in [0.15, 0.2) is 6.10 Å². The minimum absolute atomic E-state index is 0.283. The minimum Gasteiger partial charge on any atom is -0.450 e. The molecule has 11 nitrogen and oxygen atoms in total. The van der Waals surface area contributed by atoms with E-state index >= 15 is 0 Å². The molecule has 5 bridgehead atoms. The van der Waals surface area contributed by atoms with Gasteiger partial charge in [0.25, 0.3) is 17.7 Å². The normalized spacial score (nSPS) is 25.6. The molecule has 39 heavy (non-hydrogen) atoms. The number of halogens is 1. The van der Waals surface area contributed by atoms with Crippen LogP contribution in [-0.4, -0.2) is 71.3 Å². The number of anilines is 1. The Hall–Kier alpha value is -3.70. The van der Waals surface area contributed by atoms with Crippen LogP contribution in [0.4, 0.5) is 5.82 Å². The molecule has 1 fully saturated rings. The van der Waals surface area contributed by atoms with Gasteiger partial charge < -0.3 is 10.1 Å². The Kier molecular flexibility index (Phi) is 8.41. The molecular weight excluding hydrogens is 524 g/mol. The molecule has 3 amide bonds. The SMILES string of the molecule is C[C@@H]1NC(=O)[C@H](CCl)OC(=O)C(C)(C)/C=C/c2ccc3ccc(nc3c2)N(C)NC(=O)[C@@H]2CCCN(N2)C1=O. The maximum absolute atomic E-state index is 13.1. The highest BCUT2D eigenvalue weighted by Crippen LogP contribution is 2.24. The van der Waals surface area contributed by atoms with Crippen LogP contribution < -0.4 is 21.2 Å². The van der Waals surface area contributed by atoms with Gasteiger partial charge in [-0.2, -0.15) is 0 Å². The Morgan fingerprint density at radius 3 is 2.62 bits per heavy atom. The van der Waals surface area contributed by atoms with Crippen LogP contribution in [0.1, 0.15) is 39.2 Å². The van der Waals surface area contributed by atoms with Gasteiger partial charge in [-0.05, 0) is 57.4 Å². The average molecular weight is 557 g/mol. The quantitative estimate of drug-likeness (QED) is 0.358. The number of carbonyl (C=O) groups excluding carboxylic acids is 4. The second-order valence-electron chi connectivity index (χ2n) is 10.3. The fraction of sp³-hybridized carbons (Fsp3) is 0.444. The summed E-state index contributed by atoms with van der Waals surface area (Å²) in [5.41, 5.74) is 6.21. The van der Waals surface area contributed by atoms with Gasteiger partial charge in [-0.15, -0.1) is 11.6 Å². The summed E-state index contributed by atoms with van der Waals surface area (Å²) in [5, 5.41) is 6.33. The zero-order valence-corrected chi connectivity index (χ0v) is 23.1. The van der Waals surface area contributed by atoms with E-state index in [1.807, 2.05) is 24.3 Å². The summed E-state index contributed by atoms with van der Waals surface area (Å²) >= 11 is 5.96. The van der Waals surface area contributed by atoms with Crippen molar-refractivity contribution in [2.75, 3.05) is 24.5 Å². The standard InChI is InChI=1S/C27H33ClN6O5/c1-16-25(37)34-13-5-6-19(31-34)23(35)32-33(4)22-10-9-18-8-7-17(14-20(18)30-22)11-12-27(2,3)26(38)39-21(15-28)24(36)29-16/h7-12,14,16,19,21,31H,5-6,13,15H2,1-4H3,(H,29,36)(H,32,35)/b12-11+/t16-,19-,21-/m0/s1. The molecule has 0 unspecified atom stereocenters.